The van der Waals surface area contributed by atoms with Crippen molar-refractivity contribution < 1.29 is 17.6 Å². The van der Waals surface area contributed by atoms with E-state index in [4.69, 9.17) is 0 Å². The van der Waals surface area contributed by atoms with E-state index in [1.165, 1.54) is 19.1 Å². The molecule has 0 heterocycles. The van der Waals surface area contributed by atoms with Crippen LogP contribution in [0.2, 0.25) is 0 Å². The lowest BCUT2D eigenvalue weighted by molar-refractivity contribution is 0.0952. The Morgan fingerprint density at radius 2 is 2.06 bits per heavy atom. The minimum absolute atomic E-state index is 0.0115. The van der Waals surface area contributed by atoms with Gasteiger partial charge in [-0.05, 0) is 19.1 Å². The van der Waals surface area contributed by atoms with E-state index in [1.807, 2.05) is 0 Å². The summed E-state index contributed by atoms with van der Waals surface area (Å²) in [6.07, 6.45) is 0. The Kier molecular flexibility index (Phi) is 4.84. The molecule has 0 atom stereocenters. The lowest BCUT2D eigenvalue weighted by Crippen LogP contribution is -2.30. The molecule has 6 heteroatoms. The third-order valence-electron chi connectivity index (χ3n) is 2.50. The zero-order chi connectivity index (χ0) is 13.8. The molecule has 0 fully saturated rings. The van der Waals surface area contributed by atoms with E-state index in [0.29, 0.717) is 0 Å². The minimum Gasteiger partial charge on any atom is -0.351 e. The summed E-state index contributed by atoms with van der Waals surface area (Å²) in [6.45, 7) is 3.28. The summed E-state index contributed by atoms with van der Waals surface area (Å²) in [4.78, 5) is 11.6. The molecule has 0 radical (unpaired) electrons. The Labute approximate surface area is 106 Å². The van der Waals surface area contributed by atoms with E-state index in [0.717, 1.165) is 5.56 Å². The molecule has 18 heavy (non-hydrogen) atoms. The maximum atomic E-state index is 13.4. The van der Waals surface area contributed by atoms with Gasteiger partial charge in [0.15, 0.2) is 9.84 Å². The first-order chi connectivity index (χ1) is 8.35. The largest absolute Gasteiger partial charge is 0.351 e. The molecule has 0 saturated carbocycles. The van der Waals surface area contributed by atoms with Crippen LogP contribution in [0.1, 0.15) is 22.8 Å². The molecule has 0 aromatic heterocycles. The van der Waals surface area contributed by atoms with Gasteiger partial charge >= 0.3 is 0 Å². The summed E-state index contributed by atoms with van der Waals surface area (Å²) in [7, 11) is -3.12. The number of carbonyl (C=O) groups excluding carboxylic acids is 1. The smallest absolute Gasteiger partial charge is 0.254 e. The van der Waals surface area contributed by atoms with Crippen molar-refractivity contribution in [3.63, 3.8) is 0 Å². The zero-order valence-electron chi connectivity index (χ0n) is 10.4. The molecule has 1 rings (SSSR count). The normalized spacial score (nSPS) is 11.3. The fourth-order valence-electron chi connectivity index (χ4n) is 1.37. The van der Waals surface area contributed by atoms with Crippen molar-refractivity contribution in [3.8, 4) is 0 Å². The van der Waals surface area contributed by atoms with Gasteiger partial charge in [0.2, 0.25) is 0 Å². The van der Waals surface area contributed by atoms with Gasteiger partial charge in [0, 0.05) is 12.3 Å². The molecule has 0 aliphatic carbocycles. The lowest BCUT2D eigenvalue weighted by atomic mass is 10.1. The van der Waals surface area contributed by atoms with Crippen LogP contribution in [0.5, 0.6) is 0 Å². The molecular formula is C12H16FNO3S. The van der Waals surface area contributed by atoms with Gasteiger partial charge in [-0.15, -0.1) is 0 Å². The SMILES string of the molecule is CCS(=O)(=O)CCNC(=O)c1cc(C)ccc1F. The Balaban J connectivity index is 2.64. The number of hydrogen-bond donors (Lipinski definition) is 1. The van der Waals surface area contributed by atoms with E-state index in [1.54, 1.807) is 13.0 Å². The minimum atomic E-state index is -3.12. The van der Waals surface area contributed by atoms with Crippen molar-refractivity contribution in [2.75, 3.05) is 18.1 Å². The van der Waals surface area contributed by atoms with Crippen LogP contribution in [0, 0.1) is 12.7 Å². The van der Waals surface area contributed by atoms with E-state index in [-0.39, 0.29) is 23.6 Å². The van der Waals surface area contributed by atoms with Gasteiger partial charge < -0.3 is 5.32 Å². The van der Waals surface area contributed by atoms with E-state index < -0.39 is 21.6 Å². The molecule has 100 valence electrons. The second kappa shape index (κ2) is 5.95. The van der Waals surface area contributed by atoms with Crippen molar-refractivity contribution in [1.82, 2.24) is 5.32 Å². The van der Waals surface area contributed by atoms with Crippen LogP contribution in [0.25, 0.3) is 0 Å². The maximum absolute atomic E-state index is 13.4. The molecule has 1 aromatic carbocycles. The number of benzene rings is 1. The molecule has 0 bridgehead atoms. The fraction of sp³-hybridized carbons (Fsp3) is 0.417. The predicted molar refractivity (Wildman–Crippen MR) is 67.8 cm³/mol. The van der Waals surface area contributed by atoms with Gasteiger partial charge in [-0.3, -0.25) is 4.79 Å². The molecule has 1 N–H and O–H groups in total. The summed E-state index contributed by atoms with van der Waals surface area (Å²) >= 11 is 0. The summed E-state index contributed by atoms with van der Waals surface area (Å²) in [5.74, 6) is -1.32. The average Bonchev–Trinajstić information content (AvgIpc) is 2.32. The summed E-state index contributed by atoms with van der Waals surface area (Å²) in [6, 6.07) is 4.21. The van der Waals surface area contributed by atoms with E-state index in [2.05, 4.69) is 5.32 Å². The number of nitrogens with one attached hydrogen (secondary N) is 1. The average molecular weight is 273 g/mol. The molecule has 0 saturated heterocycles. The number of halogens is 1. The number of amides is 1. The number of hydrogen-bond acceptors (Lipinski definition) is 3. The van der Waals surface area contributed by atoms with Gasteiger partial charge in [-0.2, -0.15) is 0 Å². The predicted octanol–water partition coefficient (Wildman–Crippen LogP) is 1.30. The Hall–Kier alpha value is -1.43. The lowest BCUT2D eigenvalue weighted by Gasteiger charge is -2.06. The van der Waals surface area contributed by atoms with Crippen molar-refractivity contribution in [3.05, 3.63) is 35.1 Å². The molecular weight excluding hydrogens is 257 g/mol. The highest BCUT2D eigenvalue weighted by molar-refractivity contribution is 7.91. The second-order valence-electron chi connectivity index (χ2n) is 3.98. The second-order valence-corrected chi connectivity index (χ2v) is 6.45. The summed E-state index contributed by atoms with van der Waals surface area (Å²) < 4.78 is 35.8. The first kappa shape index (κ1) is 14.6. The van der Waals surface area contributed by atoms with E-state index in [9.17, 15) is 17.6 Å². The highest BCUT2D eigenvalue weighted by atomic mass is 32.2. The first-order valence-corrected chi connectivity index (χ1v) is 7.42. The van der Waals surface area contributed by atoms with Crippen LogP contribution < -0.4 is 5.32 Å². The van der Waals surface area contributed by atoms with Crippen molar-refractivity contribution in [1.29, 1.82) is 0 Å². The zero-order valence-corrected chi connectivity index (χ0v) is 11.2. The highest BCUT2D eigenvalue weighted by Crippen LogP contribution is 2.09. The number of aryl methyl sites for hydroxylation is 1. The highest BCUT2D eigenvalue weighted by Gasteiger charge is 2.13. The van der Waals surface area contributed by atoms with Crippen molar-refractivity contribution in [2.45, 2.75) is 13.8 Å². The summed E-state index contributed by atoms with van der Waals surface area (Å²) in [5.41, 5.74) is 0.701. The van der Waals surface area contributed by atoms with Gasteiger partial charge in [-0.1, -0.05) is 18.6 Å². The third-order valence-corrected chi connectivity index (χ3v) is 4.21. The van der Waals surface area contributed by atoms with Crippen LogP contribution in [-0.4, -0.2) is 32.4 Å². The molecule has 0 spiro atoms. The number of carbonyl (C=O) groups is 1. The number of rotatable bonds is 5. The molecule has 0 aliphatic heterocycles. The molecule has 4 nitrogen and oxygen atoms in total. The Bertz CT molecular complexity index is 540. The van der Waals surface area contributed by atoms with Gasteiger partial charge in [0.1, 0.15) is 5.82 Å². The van der Waals surface area contributed by atoms with Crippen LogP contribution in [0.3, 0.4) is 0 Å². The van der Waals surface area contributed by atoms with Gasteiger partial charge in [0.05, 0.1) is 11.3 Å². The first-order valence-electron chi connectivity index (χ1n) is 5.60. The Morgan fingerprint density at radius 1 is 1.39 bits per heavy atom. The van der Waals surface area contributed by atoms with Gasteiger partial charge in [-0.25, -0.2) is 12.8 Å². The fourth-order valence-corrected chi connectivity index (χ4v) is 2.07. The van der Waals surface area contributed by atoms with Crippen LogP contribution in [0.4, 0.5) is 4.39 Å². The summed E-state index contributed by atoms with van der Waals surface area (Å²) in [5, 5.41) is 2.40. The molecule has 0 aliphatic rings. The van der Waals surface area contributed by atoms with Crippen LogP contribution >= 0.6 is 0 Å². The van der Waals surface area contributed by atoms with Crippen LogP contribution in [0.15, 0.2) is 18.2 Å². The van der Waals surface area contributed by atoms with Crippen molar-refractivity contribution in [2.24, 2.45) is 0 Å². The molecule has 1 amide bonds. The maximum Gasteiger partial charge on any atom is 0.254 e. The third kappa shape index (κ3) is 4.10. The topological polar surface area (TPSA) is 63.2 Å². The molecule has 1 aromatic rings. The monoisotopic (exact) mass is 273 g/mol. The molecule has 0 unspecified atom stereocenters. The van der Waals surface area contributed by atoms with Crippen molar-refractivity contribution >= 4 is 15.7 Å². The Morgan fingerprint density at radius 3 is 2.67 bits per heavy atom. The quantitative estimate of drug-likeness (QED) is 0.879. The van der Waals surface area contributed by atoms with E-state index >= 15 is 0 Å². The number of sulfone groups is 1. The van der Waals surface area contributed by atoms with Gasteiger partial charge in [0.25, 0.3) is 5.91 Å². The van der Waals surface area contributed by atoms with Crippen LogP contribution in [-0.2, 0) is 9.84 Å². The standard InChI is InChI=1S/C12H16FNO3S/c1-3-18(16,17)7-6-14-12(15)10-8-9(2)4-5-11(10)13/h4-5,8H,3,6-7H2,1-2H3,(H,14,15).